The zero-order chi connectivity index (χ0) is 20.1. The molecule has 28 heavy (non-hydrogen) atoms. The minimum atomic E-state index is -0.402. The molecule has 0 radical (unpaired) electrons. The summed E-state index contributed by atoms with van der Waals surface area (Å²) in [7, 11) is 1.52. The first-order valence-electron chi connectivity index (χ1n) is 8.69. The highest BCUT2D eigenvalue weighted by atomic mass is 35.5. The maximum atomic E-state index is 12.5. The number of hydrogen-bond acceptors (Lipinski definition) is 7. The minimum Gasteiger partial charge on any atom is -0.496 e. The number of nitrogens with one attached hydrogen (secondary N) is 2. The van der Waals surface area contributed by atoms with E-state index in [1.165, 1.54) is 18.4 Å². The molecule has 8 nitrogen and oxygen atoms in total. The van der Waals surface area contributed by atoms with Crippen LogP contribution in [-0.2, 0) is 16.0 Å². The van der Waals surface area contributed by atoms with Crippen LogP contribution in [0.3, 0.4) is 0 Å². The molecule has 1 aromatic heterocycles. The molecule has 2 amide bonds. The van der Waals surface area contributed by atoms with Crippen molar-refractivity contribution in [2.75, 3.05) is 38.3 Å². The Morgan fingerprint density at radius 3 is 2.79 bits per heavy atom. The summed E-state index contributed by atoms with van der Waals surface area (Å²) >= 11 is 7.27. The zero-order valence-electron chi connectivity index (χ0n) is 15.6. The van der Waals surface area contributed by atoms with Crippen molar-refractivity contribution in [2.24, 2.45) is 0 Å². The maximum absolute atomic E-state index is 12.5. The molecule has 0 aliphatic carbocycles. The van der Waals surface area contributed by atoms with Gasteiger partial charge in [-0.3, -0.25) is 20.4 Å². The van der Waals surface area contributed by atoms with Gasteiger partial charge in [0.2, 0.25) is 5.91 Å². The van der Waals surface area contributed by atoms with Crippen LogP contribution in [0.5, 0.6) is 5.75 Å². The van der Waals surface area contributed by atoms with Gasteiger partial charge in [0.15, 0.2) is 5.13 Å². The second-order valence-corrected chi connectivity index (χ2v) is 7.56. The molecule has 0 unspecified atom stereocenters. The monoisotopic (exact) mass is 424 g/mol. The van der Waals surface area contributed by atoms with Gasteiger partial charge in [0.05, 0.1) is 32.4 Å². The number of rotatable bonds is 5. The van der Waals surface area contributed by atoms with Gasteiger partial charge in [0.25, 0.3) is 5.91 Å². The van der Waals surface area contributed by atoms with Gasteiger partial charge < -0.3 is 14.4 Å². The van der Waals surface area contributed by atoms with E-state index in [2.05, 4.69) is 20.7 Å². The predicted octanol–water partition coefficient (Wildman–Crippen LogP) is 1.95. The molecule has 0 saturated carbocycles. The van der Waals surface area contributed by atoms with Gasteiger partial charge >= 0.3 is 0 Å². The molecular weight excluding hydrogens is 404 g/mol. The minimum absolute atomic E-state index is 0.0186. The first-order chi connectivity index (χ1) is 13.5. The highest BCUT2D eigenvalue weighted by Crippen LogP contribution is 2.26. The van der Waals surface area contributed by atoms with E-state index in [9.17, 15) is 9.59 Å². The number of hydrogen-bond donors (Lipinski definition) is 2. The number of methoxy groups -OCH3 is 1. The predicted molar refractivity (Wildman–Crippen MR) is 107 cm³/mol. The SMILES string of the molecule is COc1ccc(Cl)cc1CC(=O)NNC(=O)c1sc(N2CCOCC2)nc1C. The fraction of sp³-hybridized carbons (Fsp3) is 0.389. The summed E-state index contributed by atoms with van der Waals surface area (Å²) in [5.41, 5.74) is 6.12. The average molecular weight is 425 g/mol. The zero-order valence-corrected chi connectivity index (χ0v) is 17.2. The number of thiazole rings is 1. The quantitative estimate of drug-likeness (QED) is 0.713. The van der Waals surface area contributed by atoms with Crippen LogP contribution in [-0.4, -0.2) is 50.2 Å². The first kappa shape index (κ1) is 20.4. The summed E-state index contributed by atoms with van der Waals surface area (Å²) < 4.78 is 10.6. The van der Waals surface area contributed by atoms with Crippen molar-refractivity contribution in [2.45, 2.75) is 13.3 Å². The number of ether oxygens (including phenoxy) is 2. The summed E-state index contributed by atoms with van der Waals surface area (Å²) in [6, 6.07) is 5.03. The summed E-state index contributed by atoms with van der Waals surface area (Å²) in [6.45, 7) is 4.54. The lowest BCUT2D eigenvalue weighted by Gasteiger charge is -2.25. The van der Waals surface area contributed by atoms with Gasteiger partial charge in [-0.1, -0.05) is 22.9 Å². The standard InChI is InChI=1S/C18H21ClN4O4S/c1-11-16(28-18(20-11)23-5-7-27-8-6-23)17(25)22-21-15(24)10-12-9-13(19)3-4-14(12)26-2/h3-4,9H,5-8,10H2,1-2H3,(H,21,24)(H,22,25). The van der Waals surface area contributed by atoms with Gasteiger partial charge in [-0.2, -0.15) is 0 Å². The second-order valence-electron chi connectivity index (χ2n) is 6.15. The van der Waals surface area contributed by atoms with Gasteiger partial charge in [-0.15, -0.1) is 0 Å². The fourth-order valence-electron chi connectivity index (χ4n) is 2.77. The van der Waals surface area contributed by atoms with E-state index in [0.717, 1.165) is 18.2 Å². The highest BCUT2D eigenvalue weighted by Gasteiger charge is 2.21. The van der Waals surface area contributed by atoms with Crippen LogP contribution in [0.4, 0.5) is 5.13 Å². The van der Waals surface area contributed by atoms with Crippen LogP contribution < -0.4 is 20.5 Å². The van der Waals surface area contributed by atoms with Crippen LogP contribution in [0.2, 0.25) is 5.02 Å². The van der Waals surface area contributed by atoms with E-state index >= 15 is 0 Å². The topological polar surface area (TPSA) is 92.8 Å². The first-order valence-corrected chi connectivity index (χ1v) is 9.89. The summed E-state index contributed by atoms with van der Waals surface area (Å²) in [4.78, 5) is 31.7. The molecular formula is C18H21ClN4O4S. The highest BCUT2D eigenvalue weighted by molar-refractivity contribution is 7.17. The third kappa shape index (κ3) is 4.92. The summed E-state index contributed by atoms with van der Waals surface area (Å²) in [5.74, 6) is -0.232. The average Bonchev–Trinajstić information content (AvgIpc) is 3.09. The number of anilines is 1. The van der Waals surface area contributed by atoms with Gasteiger partial charge in [-0.25, -0.2) is 4.98 Å². The molecule has 0 atom stereocenters. The lowest BCUT2D eigenvalue weighted by Crippen LogP contribution is -2.42. The maximum Gasteiger partial charge on any atom is 0.281 e. The summed E-state index contributed by atoms with van der Waals surface area (Å²) in [6.07, 6.45) is 0.0186. The second kappa shape index (κ2) is 9.22. The Bertz CT molecular complexity index is 867. The molecule has 1 aliphatic heterocycles. The molecule has 10 heteroatoms. The smallest absolute Gasteiger partial charge is 0.281 e. The van der Waals surface area contributed by atoms with E-state index < -0.39 is 5.91 Å². The number of carbonyl (C=O) groups is 2. The molecule has 2 heterocycles. The van der Waals surface area contributed by atoms with Gasteiger partial charge in [0, 0.05) is 23.7 Å². The Kier molecular flexibility index (Phi) is 6.71. The van der Waals surface area contributed by atoms with Crippen molar-refractivity contribution < 1.29 is 19.1 Å². The number of carbonyl (C=O) groups excluding carboxylic acids is 2. The van der Waals surface area contributed by atoms with Crippen LogP contribution in [0.15, 0.2) is 18.2 Å². The number of aryl methyl sites for hydroxylation is 1. The van der Waals surface area contributed by atoms with E-state index in [1.54, 1.807) is 25.1 Å². The molecule has 1 aromatic carbocycles. The molecule has 0 bridgehead atoms. The van der Waals surface area contributed by atoms with Crippen LogP contribution in [0, 0.1) is 6.92 Å². The number of aromatic nitrogens is 1. The summed E-state index contributed by atoms with van der Waals surface area (Å²) in [5, 5.41) is 1.28. The molecule has 2 aromatic rings. The lowest BCUT2D eigenvalue weighted by molar-refractivity contribution is -0.121. The van der Waals surface area contributed by atoms with E-state index in [-0.39, 0.29) is 12.3 Å². The fourth-order valence-corrected chi connectivity index (χ4v) is 3.98. The Morgan fingerprint density at radius 2 is 2.07 bits per heavy atom. The molecule has 150 valence electrons. The van der Waals surface area contributed by atoms with E-state index in [1.807, 2.05) is 0 Å². The van der Waals surface area contributed by atoms with Crippen molar-refractivity contribution >= 4 is 39.9 Å². The lowest BCUT2D eigenvalue weighted by atomic mass is 10.1. The molecule has 3 rings (SSSR count). The van der Waals surface area contributed by atoms with Crippen LogP contribution in [0.1, 0.15) is 20.9 Å². The number of halogens is 1. The Morgan fingerprint density at radius 1 is 1.32 bits per heavy atom. The molecule has 1 saturated heterocycles. The van der Waals surface area contributed by atoms with E-state index in [0.29, 0.717) is 40.1 Å². The van der Waals surface area contributed by atoms with E-state index in [4.69, 9.17) is 21.1 Å². The third-order valence-electron chi connectivity index (χ3n) is 4.18. The van der Waals surface area contributed by atoms with Crippen molar-refractivity contribution in [3.63, 3.8) is 0 Å². The Labute approximate surface area is 171 Å². The normalized spacial score (nSPS) is 13.9. The Hall–Kier alpha value is -2.36. The molecule has 1 aliphatic rings. The number of hydrazine groups is 1. The molecule has 2 N–H and O–H groups in total. The Balaban J connectivity index is 1.59. The van der Waals surface area contributed by atoms with Crippen molar-refractivity contribution in [1.82, 2.24) is 15.8 Å². The molecule has 1 fully saturated rings. The number of benzene rings is 1. The van der Waals surface area contributed by atoms with Gasteiger partial charge in [-0.05, 0) is 25.1 Å². The van der Waals surface area contributed by atoms with Crippen LogP contribution >= 0.6 is 22.9 Å². The number of morpholine rings is 1. The van der Waals surface area contributed by atoms with Crippen molar-refractivity contribution in [3.8, 4) is 5.75 Å². The largest absolute Gasteiger partial charge is 0.496 e. The molecule has 0 spiro atoms. The number of nitrogens with zero attached hydrogens (tertiary/aromatic N) is 2. The van der Waals surface area contributed by atoms with Crippen molar-refractivity contribution in [1.29, 1.82) is 0 Å². The van der Waals surface area contributed by atoms with Crippen LogP contribution in [0.25, 0.3) is 0 Å². The third-order valence-corrected chi connectivity index (χ3v) is 5.63. The van der Waals surface area contributed by atoms with Crippen molar-refractivity contribution in [3.05, 3.63) is 39.4 Å². The number of amides is 2. The van der Waals surface area contributed by atoms with Gasteiger partial charge in [0.1, 0.15) is 10.6 Å².